The first-order valence-electron chi connectivity index (χ1n) is 3.98. The zero-order valence-electron chi connectivity index (χ0n) is 7.15. The highest BCUT2D eigenvalue weighted by molar-refractivity contribution is 7.17. The Bertz CT molecular complexity index is 524. The van der Waals surface area contributed by atoms with E-state index in [1.807, 2.05) is 29.6 Å². The first-order valence-corrected chi connectivity index (χ1v) is 4.86. The monoisotopic (exact) mass is 202 g/mol. The van der Waals surface area contributed by atoms with Gasteiger partial charge in [-0.1, -0.05) is 18.2 Å². The molecular weight excluding hydrogens is 196 g/mol. The van der Waals surface area contributed by atoms with Crippen LogP contribution in [-0.2, 0) is 4.79 Å². The summed E-state index contributed by atoms with van der Waals surface area (Å²) in [7, 11) is 0. The van der Waals surface area contributed by atoms with Gasteiger partial charge in [0.2, 0.25) is 0 Å². The van der Waals surface area contributed by atoms with Crippen LogP contribution < -0.4 is 5.32 Å². The molecule has 0 radical (unpaired) electrons. The van der Waals surface area contributed by atoms with Crippen molar-refractivity contribution < 1.29 is 4.79 Å². The molecule has 0 atom stereocenters. The molecule has 0 saturated carbocycles. The predicted octanol–water partition coefficient (Wildman–Crippen LogP) is 2.36. The summed E-state index contributed by atoms with van der Waals surface area (Å²) < 4.78 is 1.10. The molecule has 1 heterocycles. The van der Waals surface area contributed by atoms with Crippen LogP contribution in [0.25, 0.3) is 10.1 Å². The minimum Gasteiger partial charge on any atom is -0.312 e. The summed E-state index contributed by atoms with van der Waals surface area (Å²) in [4.78, 5) is 10.9. The lowest BCUT2D eigenvalue weighted by Crippen LogP contribution is -2.07. The molecule has 0 unspecified atom stereocenters. The summed E-state index contributed by atoms with van der Waals surface area (Å²) in [5.41, 5.74) is 0.706. The number of nitrogens with zero attached hydrogens (tertiary/aromatic N) is 1. The molecule has 0 aliphatic carbocycles. The van der Waals surface area contributed by atoms with Gasteiger partial charge in [-0.15, -0.1) is 11.3 Å². The first kappa shape index (κ1) is 8.73. The van der Waals surface area contributed by atoms with Crippen LogP contribution in [0.3, 0.4) is 0 Å². The number of hydrogen-bond donors (Lipinski definition) is 1. The number of fused-ring (bicyclic) bond motifs is 1. The molecule has 14 heavy (non-hydrogen) atoms. The molecule has 0 bridgehead atoms. The van der Waals surface area contributed by atoms with Crippen LogP contribution in [0.5, 0.6) is 0 Å². The van der Waals surface area contributed by atoms with Crippen molar-refractivity contribution in [1.82, 2.24) is 0 Å². The van der Waals surface area contributed by atoms with Crippen LogP contribution in [0.4, 0.5) is 5.69 Å². The van der Waals surface area contributed by atoms with Gasteiger partial charge in [0.15, 0.2) is 6.07 Å². The van der Waals surface area contributed by atoms with Gasteiger partial charge in [-0.3, -0.25) is 4.79 Å². The maximum atomic E-state index is 10.9. The number of nitrogens with one attached hydrogen (secondary N) is 1. The standard InChI is InChI=1S/C10H6N2OS/c11-5-10(13)12-8-6-14-9-4-2-1-3-7(8)9/h1-4,6H,(H,12,13). The summed E-state index contributed by atoms with van der Waals surface area (Å²) in [6.07, 6.45) is 0. The van der Waals surface area contributed by atoms with Crippen LogP contribution in [-0.4, -0.2) is 5.91 Å². The van der Waals surface area contributed by atoms with Crippen molar-refractivity contribution in [3.8, 4) is 6.07 Å². The van der Waals surface area contributed by atoms with Crippen molar-refractivity contribution in [2.24, 2.45) is 0 Å². The van der Waals surface area contributed by atoms with Crippen molar-refractivity contribution in [1.29, 1.82) is 5.26 Å². The van der Waals surface area contributed by atoms with E-state index in [1.54, 1.807) is 11.3 Å². The highest BCUT2D eigenvalue weighted by atomic mass is 32.1. The second-order valence-corrected chi connectivity index (χ2v) is 3.62. The summed E-state index contributed by atoms with van der Waals surface area (Å²) in [5.74, 6) is -0.631. The second-order valence-electron chi connectivity index (χ2n) is 2.71. The lowest BCUT2D eigenvalue weighted by Gasteiger charge is -1.96. The van der Waals surface area contributed by atoms with Gasteiger partial charge in [0.05, 0.1) is 5.69 Å². The fraction of sp³-hybridized carbons (Fsp3) is 0. The van der Waals surface area contributed by atoms with Gasteiger partial charge in [0.25, 0.3) is 0 Å². The largest absolute Gasteiger partial charge is 0.326 e. The van der Waals surface area contributed by atoms with E-state index >= 15 is 0 Å². The highest BCUT2D eigenvalue weighted by Crippen LogP contribution is 2.29. The molecule has 0 spiro atoms. The topological polar surface area (TPSA) is 52.9 Å². The van der Waals surface area contributed by atoms with Crippen molar-refractivity contribution in [3.05, 3.63) is 29.6 Å². The molecule has 1 aromatic heterocycles. The Labute approximate surface area is 84.6 Å². The number of hydrogen-bond acceptors (Lipinski definition) is 3. The fourth-order valence-electron chi connectivity index (χ4n) is 1.22. The molecular formula is C10H6N2OS. The number of amides is 1. The van der Waals surface area contributed by atoms with Gasteiger partial charge >= 0.3 is 5.91 Å². The summed E-state index contributed by atoms with van der Waals surface area (Å²) in [6.45, 7) is 0. The molecule has 0 aliphatic rings. The van der Waals surface area contributed by atoms with E-state index in [9.17, 15) is 4.79 Å². The average molecular weight is 202 g/mol. The van der Waals surface area contributed by atoms with Gasteiger partial charge in [-0.2, -0.15) is 5.26 Å². The maximum Gasteiger partial charge on any atom is 0.326 e. The van der Waals surface area contributed by atoms with Crippen LogP contribution >= 0.6 is 11.3 Å². The average Bonchev–Trinajstić information content (AvgIpc) is 2.62. The molecule has 2 aromatic rings. The van der Waals surface area contributed by atoms with E-state index in [0.29, 0.717) is 5.69 Å². The van der Waals surface area contributed by atoms with E-state index in [-0.39, 0.29) is 0 Å². The lowest BCUT2D eigenvalue weighted by atomic mass is 10.2. The smallest absolute Gasteiger partial charge is 0.312 e. The minimum atomic E-state index is -0.631. The molecule has 0 aliphatic heterocycles. The van der Waals surface area contributed by atoms with Gasteiger partial charge in [-0.25, -0.2) is 0 Å². The van der Waals surface area contributed by atoms with Crippen LogP contribution in [0.15, 0.2) is 29.6 Å². The number of anilines is 1. The van der Waals surface area contributed by atoms with Gasteiger partial charge < -0.3 is 5.32 Å². The summed E-state index contributed by atoms with van der Waals surface area (Å²) >= 11 is 1.54. The second kappa shape index (κ2) is 3.48. The third kappa shape index (κ3) is 1.45. The van der Waals surface area contributed by atoms with Crippen LogP contribution in [0.2, 0.25) is 0 Å². The molecule has 1 amide bonds. The Balaban J connectivity index is 2.44. The van der Waals surface area contributed by atoms with Gasteiger partial charge in [-0.05, 0) is 6.07 Å². The number of carbonyl (C=O) groups is 1. The van der Waals surface area contributed by atoms with Gasteiger partial charge in [0.1, 0.15) is 0 Å². The number of carbonyl (C=O) groups excluding carboxylic acids is 1. The third-order valence-corrected chi connectivity index (χ3v) is 2.79. The highest BCUT2D eigenvalue weighted by Gasteiger charge is 2.05. The molecule has 1 N–H and O–H groups in total. The lowest BCUT2D eigenvalue weighted by molar-refractivity contribution is -0.111. The van der Waals surface area contributed by atoms with Crippen molar-refractivity contribution in [3.63, 3.8) is 0 Å². The number of nitriles is 1. The Morgan fingerprint density at radius 2 is 2.21 bits per heavy atom. The Kier molecular flexibility index (Phi) is 2.17. The number of thiophene rings is 1. The van der Waals surface area contributed by atoms with E-state index in [0.717, 1.165) is 10.1 Å². The Morgan fingerprint density at radius 1 is 1.43 bits per heavy atom. The Hall–Kier alpha value is -1.86. The first-order chi connectivity index (χ1) is 6.81. The molecule has 0 fully saturated rings. The van der Waals surface area contributed by atoms with E-state index in [4.69, 9.17) is 5.26 Å². The summed E-state index contributed by atoms with van der Waals surface area (Å²) in [6, 6.07) is 9.25. The number of rotatable bonds is 1. The van der Waals surface area contributed by atoms with E-state index < -0.39 is 5.91 Å². The molecule has 2 rings (SSSR count). The zero-order valence-corrected chi connectivity index (χ0v) is 7.97. The molecule has 0 saturated heterocycles. The maximum absolute atomic E-state index is 10.9. The SMILES string of the molecule is N#CC(=O)Nc1csc2ccccc12. The molecule has 1 aromatic carbocycles. The quantitative estimate of drug-likeness (QED) is 0.722. The van der Waals surface area contributed by atoms with Crippen LogP contribution in [0.1, 0.15) is 0 Å². The van der Waals surface area contributed by atoms with Crippen LogP contribution in [0, 0.1) is 11.3 Å². The third-order valence-electron chi connectivity index (χ3n) is 1.83. The number of benzene rings is 1. The van der Waals surface area contributed by atoms with E-state index in [2.05, 4.69) is 5.32 Å². The van der Waals surface area contributed by atoms with Gasteiger partial charge in [0, 0.05) is 15.5 Å². The normalized spacial score (nSPS) is 9.64. The summed E-state index contributed by atoms with van der Waals surface area (Å²) in [5, 5.41) is 13.7. The zero-order chi connectivity index (χ0) is 9.97. The molecule has 68 valence electrons. The predicted molar refractivity (Wildman–Crippen MR) is 56.1 cm³/mol. The fourth-order valence-corrected chi connectivity index (χ4v) is 2.12. The van der Waals surface area contributed by atoms with E-state index in [1.165, 1.54) is 6.07 Å². The Morgan fingerprint density at radius 3 is 3.00 bits per heavy atom. The van der Waals surface area contributed by atoms with Crippen molar-refractivity contribution in [2.75, 3.05) is 5.32 Å². The molecule has 3 nitrogen and oxygen atoms in total. The van der Waals surface area contributed by atoms with Crippen molar-refractivity contribution >= 4 is 33.0 Å². The molecule has 4 heteroatoms. The minimum absolute atomic E-state index is 0.631. The van der Waals surface area contributed by atoms with Crippen molar-refractivity contribution in [2.45, 2.75) is 0 Å².